The van der Waals surface area contributed by atoms with Gasteiger partial charge < -0.3 is 0 Å². The van der Waals surface area contributed by atoms with Gasteiger partial charge in [0.1, 0.15) is 5.84 Å². The van der Waals surface area contributed by atoms with Crippen molar-refractivity contribution < 1.29 is 4.79 Å². The predicted molar refractivity (Wildman–Crippen MR) is 114 cm³/mol. The lowest BCUT2D eigenvalue weighted by molar-refractivity contribution is -0.129. The molecule has 2 aliphatic heterocycles. The number of hydrogen-bond donors (Lipinski definition) is 0. The summed E-state index contributed by atoms with van der Waals surface area (Å²) in [5.41, 5.74) is 0.458. The topological polar surface area (TPSA) is 80.2 Å². The van der Waals surface area contributed by atoms with E-state index in [0.29, 0.717) is 35.6 Å². The zero-order chi connectivity index (χ0) is 20.7. The van der Waals surface area contributed by atoms with Gasteiger partial charge in [-0.15, -0.1) is 0 Å². The SMILES string of the molecule is N#Cc1ccccc1[C@]1(C#N)C(=O)N2CCN=C2C=C1c1cccc2ccccc12. The maximum atomic E-state index is 13.8. The molecule has 0 bridgehead atoms. The van der Waals surface area contributed by atoms with Gasteiger partial charge in [-0.1, -0.05) is 60.7 Å². The molecule has 0 N–H and O–H groups in total. The van der Waals surface area contributed by atoms with Crippen LogP contribution in [0.15, 0.2) is 77.8 Å². The van der Waals surface area contributed by atoms with Gasteiger partial charge in [-0.05, 0) is 34.1 Å². The van der Waals surface area contributed by atoms with Crippen molar-refractivity contribution in [2.45, 2.75) is 5.41 Å². The fraction of sp³-hybridized carbons (Fsp3) is 0.120. The standard InChI is InChI=1S/C25H16N4O/c26-15-18-7-2-4-11-21(18)25(16-27)22(14-23-28-12-13-29(23)24(25)30)20-10-5-8-17-6-1-3-9-19(17)20/h1-11,14H,12-13H2/t25-/m0/s1. The first-order valence-electron chi connectivity index (χ1n) is 9.68. The van der Waals surface area contributed by atoms with E-state index in [2.05, 4.69) is 17.1 Å². The first kappa shape index (κ1) is 17.8. The number of nitriles is 2. The lowest BCUT2D eigenvalue weighted by Gasteiger charge is -2.37. The molecule has 142 valence electrons. The number of carbonyl (C=O) groups excluding carboxylic acids is 1. The van der Waals surface area contributed by atoms with Gasteiger partial charge in [0.15, 0.2) is 5.41 Å². The second kappa shape index (κ2) is 6.69. The Kier molecular flexibility index (Phi) is 3.98. The zero-order valence-electron chi connectivity index (χ0n) is 16.0. The maximum Gasteiger partial charge on any atom is 0.257 e. The average molecular weight is 388 g/mol. The highest BCUT2D eigenvalue weighted by atomic mass is 16.2. The van der Waals surface area contributed by atoms with Crippen LogP contribution in [0.2, 0.25) is 0 Å². The Bertz CT molecular complexity index is 1350. The van der Waals surface area contributed by atoms with Crippen LogP contribution in [0.1, 0.15) is 16.7 Å². The number of amidine groups is 1. The fourth-order valence-corrected chi connectivity index (χ4v) is 4.42. The first-order valence-corrected chi connectivity index (χ1v) is 9.68. The summed E-state index contributed by atoms with van der Waals surface area (Å²) >= 11 is 0. The van der Waals surface area contributed by atoms with Gasteiger partial charge in [0, 0.05) is 12.1 Å². The molecule has 0 saturated heterocycles. The van der Waals surface area contributed by atoms with Crippen LogP contribution in [-0.4, -0.2) is 29.7 Å². The highest BCUT2D eigenvalue weighted by molar-refractivity contribution is 6.23. The summed E-state index contributed by atoms with van der Waals surface area (Å²) in [6.45, 7) is 0.938. The summed E-state index contributed by atoms with van der Waals surface area (Å²) in [5, 5.41) is 22.2. The molecule has 1 amide bonds. The van der Waals surface area contributed by atoms with Crippen molar-refractivity contribution in [2.24, 2.45) is 4.99 Å². The molecule has 2 heterocycles. The van der Waals surface area contributed by atoms with Gasteiger partial charge in [-0.2, -0.15) is 10.5 Å². The number of benzene rings is 3. The smallest absolute Gasteiger partial charge is 0.257 e. The molecule has 0 spiro atoms. The van der Waals surface area contributed by atoms with Crippen LogP contribution < -0.4 is 0 Å². The first-order chi connectivity index (χ1) is 14.7. The van der Waals surface area contributed by atoms with Gasteiger partial charge >= 0.3 is 0 Å². The van der Waals surface area contributed by atoms with Crippen LogP contribution in [0.25, 0.3) is 16.3 Å². The normalized spacial score (nSPS) is 20.2. The summed E-state index contributed by atoms with van der Waals surface area (Å²) in [6.07, 6.45) is 1.84. The zero-order valence-corrected chi connectivity index (χ0v) is 16.0. The van der Waals surface area contributed by atoms with Crippen LogP contribution in [0.3, 0.4) is 0 Å². The molecule has 5 nitrogen and oxygen atoms in total. The lowest BCUT2D eigenvalue weighted by atomic mass is 9.68. The largest absolute Gasteiger partial charge is 0.293 e. The minimum Gasteiger partial charge on any atom is -0.293 e. The summed E-state index contributed by atoms with van der Waals surface area (Å²) in [5.74, 6) is 0.220. The molecule has 3 aromatic carbocycles. The van der Waals surface area contributed by atoms with Gasteiger partial charge in [0.2, 0.25) is 0 Å². The molecule has 0 saturated carbocycles. The highest BCUT2D eigenvalue weighted by Crippen LogP contribution is 2.46. The number of hydrogen-bond acceptors (Lipinski definition) is 4. The van der Waals surface area contributed by atoms with E-state index in [1.807, 2.05) is 48.5 Å². The molecule has 1 atom stereocenters. The van der Waals surface area contributed by atoms with Crippen LogP contribution in [0, 0.1) is 22.7 Å². The molecule has 2 aliphatic rings. The third-order valence-electron chi connectivity index (χ3n) is 5.82. The van der Waals surface area contributed by atoms with Gasteiger partial charge in [-0.3, -0.25) is 14.7 Å². The van der Waals surface area contributed by atoms with Crippen molar-refractivity contribution in [2.75, 3.05) is 13.1 Å². The Hall–Kier alpha value is -4.22. The Balaban J connectivity index is 1.90. The van der Waals surface area contributed by atoms with Gasteiger partial charge in [0.05, 0.1) is 24.2 Å². The Morgan fingerprint density at radius 3 is 2.57 bits per heavy atom. The fourth-order valence-electron chi connectivity index (χ4n) is 4.42. The molecule has 0 radical (unpaired) electrons. The van der Waals surface area contributed by atoms with Crippen molar-refractivity contribution >= 4 is 28.1 Å². The molecule has 5 rings (SSSR count). The number of amides is 1. The summed E-state index contributed by atoms with van der Waals surface area (Å²) in [4.78, 5) is 19.9. The average Bonchev–Trinajstić information content (AvgIpc) is 3.28. The van der Waals surface area contributed by atoms with Gasteiger partial charge in [-0.25, -0.2) is 0 Å². The van der Waals surface area contributed by atoms with Crippen molar-refractivity contribution in [3.05, 3.63) is 89.5 Å². The van der Waals surface area contributed by atoms with Crippen molar-refractivity contribution in [1.29, 1.82) is 10.5 Å². The number of fused-ring (bicyclic) bond motifs is 2. The van der Waals surface area contributed by atoms with Crippen molar-refractivity contribution in [1.82, 2.24) is 4.90 Å². The van der Waals surface area contributed by atoms with E-state index in [1.165, 1.54) is 0 Å². The number of aliphatic imine (C=N–C) groups is 1. The molecule has 30 heavy (non-hydrogen) atoms. The van der Waals surface area contributed by atoms with E-state index in [4.69, 9.17) is 0 Å². The third-order valence-corrected chi connectivity index (χ3v) is 5.82. The molecule has 5 heteroatoms. The van der Waals surface area contributed by atoms with Crippen LogP contribution >= 0.6 is 0 Å². The van der Waals surface area contributed by atoms with Crippen LogP contribution in [0.4, 0.5) is 0 Å². The van der Waals surface area contributed by atoms with Crippen molar-refractivity contribution in [3.8, 4) is 12.1 Å². The predicted octanol–water partition coefficient (Wildman–Crippen LogP) is 3.81. The number of carbonyl (C=O) groups is 1. The maximum absolute atomic E-state index is 13.8. The minimum absolute atomic E-state index is 0.318. The molecule has 3 aromatic rings. The van der Waals surface area contributed by atoms with Crippen LogP contribution in [0.5, 0.6) is 0 Å². The molecule has 0 aliphatic carbocycles. The van der Waals surface area contributed by atoms with E-state index in [1.54, 1.807) is 29.2 Å². The van der Waals surface area contributed by atoms with E-state index >= 15 is 0 Å². The van der Waals surface area contributed by atoms with E-state index < -0.39 is 5.41 Å². The monoisotopic (exact) mass is 388 g/mol. The minimum atomic E-state index is -1.63. The molecular formula is C25H16N4O. The van der Waals surface area contributed by atoms with E-state index in [-0.39, 0.29) is 5.91 Å². The summed E-state index contributed by atoms with van der Waals surface area (Å²) < 4.78 is 0. The summed E-state index contributed by atoms with van der Waals surface area (Å²) in [6, 6.07) is 25.1. The van der Waals surface area contributed by atoms with E-state index in [0.717, 1.165) is 16.3 Å². The van der Waals surface area contributed by atoms with Crippen LogP contribution in [-0.2, 0) is 10.2 Å². The Labute approximate surface area is 173 Å². The van der Waals surface area contributed by atoms with Gasteiger partial charge in [0.25, 0.3) is 5.91 Å². The second-order valence-electron chi connectivity index (χ2n) is 7.30. The Morgan fingerprint density at radius 2 is 1.73 bits per heavy atom. The Morgan fingerprint density at radius 1 is 0.967 bits per heavy atom. The van der Waals surface area contributed by atoms with Crippen molar-refractivity contribution in [3.63, 3.8) is 0 Å². The molecule has 0 unspecified atom stereocenters. The third kappa shape index (κ3) is 2.33. The number of rotatable bonds is 2. The molecular weight excluding hydrogens is 372 g/mol. The number of nitrogens with zero attached hydrogens (tertiary/aromatic N) is 4. The quantitative estimate of drug-likeness (QED) is 0.669. The molecule has 0 aromatic heterocycles. The highest BCUT2D eigenvalue weighted by Gasteiger charge is 2.53. The summed E-state index contributed by atoms with van der Waals surface area (Å²) in [7, 11) is 0. The lowest BCUT2D eigenvalue weighted by Crippen LogP contribution is -2.51. The molecule has 0 fully saturated rings. The second-order valence-corrected chi connectivity index (χ2v) is 7.30. The van der Waals surface area contributed by atoms with E-state index in [9.17, 15) is 15.3 Å².